The number of fused-ring (bicyclic) bond motifs is 6. The summed E-state index contributed by atoms with van der Waals surface area (Å²) in [6, 6.07) is 72.7. The first-order valence-electron chi connectivity index (χ1n) is 20.8. The van der Waals surface area contributed by atoms with Crippen LogP contribution in [0.25, 0.3) is 111 Å². The molecule has 0 radical (unpaired) electrons. The van der Waals surface area contributed by atoms with Gasteiger partial charge in [-0.1, -0.05) is 146 Å². The number of hydrogen-bond donors (Lipinski definition) is 0. The van der Waals surface area contributed by atoms with Gasteiger partial charge in [0, 0.05) is 67.6 Å². The average Bonchev–Trinajstić information content (AvgIpc) is 3.87. The van der Waals surface area contributed by atoms with Crippen molar-refractivity contribution in [1.29, 1.82) is 0 Å². The molecule has 0 aliphatic carbocycles. The monoisotopic (exact) mass is 792 g/mol. The van der Waals surface area contributed by atoms with Gasteiger partial charge in [-0.15, -0.1) is 0 Å². The van der Waals surface area contributed by atoms with E-state index in [1.54, 1.807) is 0 Å². The lowest BCUT2D eigenvalue weighted by atomic mass is 10.0. The molecule has 0 aliphatic heterocycles. The second kappa shape index (κ2) is 14.7. The van der Waals surface area contributed by atoms with Crippen molar-refractivity contribution >= 4 is 43.6 Å². The molecule has 0 unspecified atom stereocenters. The maximum absolute atomic E-state index is 4.97. The third-order valence-electron chi connectivity index (χ3n) is 11.8. The largest absolute Gasteiger partial charge is 0.309 e. The SMILES string of the molecule is c1ccc(-c2nc(-c3ccccc3)nc(-c3cncc(-c4ccc5c(c4)c4ccccc4n5-c4cccc(-c5ccc6c7ccccc7n(-c7ccccc7)c6c5)c4)c3)n2)cc1. The minimum absolute atomic E-state index is 0.574. The Kier molecular flexibility index (Phi) is 8.38. The predicted molar refractivity (Wildman–Crippen MR) is 253 cm³/mol. The van der Waals surface area contributed by atoms with E-state index >= 15 is 0 Å². The molecule has 62 heavy (non-hydrogen) atoms. The van der Waals surface area contributed by atoms with E-state index in [0.717, 1.165) is 55.8 Å². The van der Waals surface area contributed by atoms with Crippen LogP contribution in [-0.2, 0) is 0 Å². The number of nitrogens with zero attached hydrogens (tertiary/aromatic N) is 6. The number of benzene rings is 8. The maximum atomic E-state index is 4.97. The standard InChI is InChI=1S/C56H36N6/c1-4-15-37(16-5-1)54-58-55(38-17-6-2-7-18-38)60-56(59-54)43-31-42(35-57-36-43)40-28-30-52-49(33-40)47-24-11-13-26-51(47)62(52)45-22-14-19-39(32-45)41-27-29-48-46-23-10-12-25-50(46)61(53(48)34-41)44-20-8-3-9-21-44/h1-36H. The Labute approximate surface area is 357 Å². The molecule has 4 aromatic heterocycles. The highest BCUT2D eigenvalue weighted by molar-refractivity contribution is 6.11. The maximum Gasteiger partial charge on any atom is 0.165 e. The van der Waals surface area contributed by atoms with Gasteiger partial charge in [-0.2, -0.15) is 0 Å². The van der Waals surface area contributed by atoms with E-state index in [4.69, 9.17) is 19.9 Å². The Balaban J connectivity index is 0.953. The Bertz CT molecular complexity index is 3570. The second-order valence-electron chi connectivity index (χ2n) is 15.6. The zero-order valence-electron chi connectivity index (χ0n) is 33.5. The molecule has 4 heterocycles. The summed E-state index contributed by atoms with van der Waals surface area (Å²) in [7, 11) is 0. The van der Waals surface area contributed by atoms with Gasteiger partial charge < -0.3 is 9.13 Å². The summed E-state index contributed by atoms with van der Waals surface area (Å²) < 4.78 is 4.76. The number of para-hydroxylation sites is 3. The van der Waals surface area contributed by atoms with Crippen LogP contribution in [0.1, 0.15) is 0 Å². The Morgan fingerprint density at radius 1 is 0.258 bits per heavy atom. The first kappa shape index (κ1) is 35.5. The summed E-state index contributed by atoms with van der Waals surface area (Å²) in [6.45, 7) is 0. The topological polar surface area (TPSA) is 61.4 Å². The Hall–Kier alpha value is -8.48. The lowest BCUT2D eigenvalue weighted by molar-refractivity contribution is 1.07. The summed E-state index contributed by atoms with van der Waals surface area (Å²) in [6.07, 6.45) is 3.75. The molecule has 0 spiro atoms. The van der Waals surface area contributed by atoms with Crippen molar-refractivity contribution in [3.8, 4) is 67.8 Å². The number of rotatable bonds is 7. The molecule has 6 heteroatoms. The molecule has 0 amide bonds. The van der Waals surface area contributed by atoms with Crippen molar-refractivity contribution in [1.82, 2.24) is 29.1 Å². The number of pyridine rings is 1. The molecule has 0 N–H and O–H groups in total. The zero-order chi connectivity index (χ0) is 41.0. The van der Waals surface area contributed by atoms with Crippen LogP contribution < -0.4 is 0 Å². The van der Waals surface area contributed by atoms with Gasteiger partial charge in [0.15, 0.2) is 17.5 Å². The smallest absolute Gasteiger partial charge is 0.165 e. The van der Waals surface area contributed by atoms with Crippen LogP contribution in [0.15, 0.2) is 219 Å². The van der Waals surface area contributed by atoms with Gasteiger partial charge in [0.25, 0.3) is 0 Å². The van der Waals surface area contributed by atoms with Crippen molar-refractivity contribution in [2.45, 2.75) is 0 Å². The fourth-order valence-electron chi connectivity index (χ4n) is 8.92. The first-order chi connectivity index (χ1) is 30.7. The van der Waals surface area contributed by atoms with Gasteiger partial charge >= 0.3 is 0 Å². The van der Waals surface area contributed by atoms with Gasteiger partial charge in [-0.3, -0.25) is 4.98 Å². The lowest BCUT2D eigenvalue weighted by Crippen LogP contribution is -2.00. The fourth-order valence-corrected chi connectivity index (χ4v) is 8.92. The Morgan fingerprint density at radius 2 is 0.726 bits per heavy atom. The quantitative estimate of drug-likeness (QED) is 0.161. The first-order valence-corrected chi connectivity index (χ1v) is 20.8. The van der Waals surface area contributed by atoms with E-state index in [-0.39, 0.29) is 0 Å². The molecule has 6 nitrogen and oxygen atoms in total. The van der Waals surface area contributed by atoms with E-state index in [2.05, 4.69) is 155 Å². The second-order valence-corrected chi connectivity index (χ2v) is 15.6. The van der Waals surface area contributed by atoms with E-state index < -0.39 is 0 Å². The highest BCUT2D eigenvalue weighted by Crippen LogP contribution is 2.38. The minimum Gasteiger partial charge on any atom is -0.309 e. The van der Waals surface area contributed by atoms with Crippen LogP contribution in [-0.4, -0.2) is 29.1 Å². The van der Waals surface area contributed by atoms with Crippen molar-refractivity contribution < 1.29 is 0 Å². The molecule has 0 saturated carbocycles. The van der Waals surface area contributed by atoms with Crippen molar-refractivity contribution in [3.05, 3.63) is 219 Å². The molecule has 0 aliphatic rings. The molecule has 8 aromatic carbocycles. The summed E-state index contributed by atoms with van der Waals surface area (Å²) in [5.41, 5.74) is 14.0. The molecule has 0 fully saturated rings. The van der Waals surface area contributed by atoms with Crippen molar-refractivity contribution in [2.75, 3.05) is 0 Å². The van der Waals surface area contributed by atoms with Crippen molar-refractivity contribution in [2.24, 2.45) is 0 Å². The summed E-state index contributed by atoms with van der Waals surface area (Å²) in [4.78, 5) is 19.5. The zero-order valence-corrected chi connectivity index (χ0v) is 33.5. The molecular weight excluding hydrogens is 757 g/mol. The molecule has 0 atom stereocenters. The van der Waals surface area contributed by atoms with Gasteiger partial charge in [0.05, 0.1) is 22.1 Å². The van der Waals surface area contributed by atoms with Crippen LogP contribution in [0.2, 0.25) is 0 Å². The van der Waals surface area contributed by atoms with Crippen LogP contribution in [0.5, 0.6) is 0 Å². The third-order valence-corrected chi connectivity index (χ3v) is 11.8. The molecule has 290 valence electrons. The van der Waals surface area contributed by atoms with Gasteiger partial charge in [-0.25, -0.2) is 15.0 Å². The molecular formula is C56H36N6. The van der Waals surface area contributed by atoms with E-state index in [9.17, 15) is 0 Å². The van der Waals surface area contributed by atoms with Crippen LogP contribution in [0, 0.1) is 0 Å². The van der Waals surface area contributed by atoms with E-state index in [0.29, 0.717) is 17.5 Å². The fraction of sp³-hybridized carbons (Fsp3) is 0. The van der Waals surface area contributed by atoms with Crippen molar-refractivity contribution in [3.63, 3.8) is 0 Å². The van der Waals surface area contributed by atoms with Crippen LogP contribution in [0.3, 0.4) is 0 Å². The van der Waals surface area contributed by atoms with Crippen LogP contribution >= 0.6 is 0 Å². The lowest BCUT2D eigenvalue weighted by Gasteiger charge is -2.12. The van der Waals surface area contributed by atoms with Gasteiger partial charge in [0.2, 0.25) is 0 Å². The molecule has 0 saturated heterocycles. The average molecular weight is 793 g/mol. The molecule has 0 bridgehead atoms. The van der Waals surface area contributed by atoms with E-state index in [1.165, 1.54) is 38.1 Å². The van der Waals surface area contributed by atoms with E-state index in [1.807, 2.05) is 73.1 Å². The summed E-state index contributed by atoms with van der Waals surface area (Å²) >= 11 is 0. The van der Waals surface area contributed by atoms with Crippen LogP contribution in [0.4, 0.5) is 0 Å². The molecule has 12 aromatic rings. The Morgan fingerprint density at radius 3 is 1.42 bits per heavy atom. The van der Waals surface area contributed by atoms with Gasteiger partial charge in [-0.05, 0) is 77.4 Å². The number of aromatic nitrogens is 6. The highest BCUT2D eigenvalue weighted by Gasteiger charge is 2.18. The minimum atomic E-state index is 0.574. The predicted octanol–water partition coefficient (Wildman–Crippen LogP) is 13.8. The number of hydrogen-bond acceptors (Lipinski definition) is 4. The highest BCUT2D eigenvalue weighted by atomic mass is 15.0. The van der Waals surface area contributed by atoms with Gasteiger partial charge in [0.1, 0.15) is 0 Å². The molecule has 12 rings (SSSR count). The normalized spacial score (nSPS) is 11.5. The summed E-state index contributed by atoms with van der Waals surface area (Å²) in [5.74, 6) is 1.81. The third kappa shape index (κ3) is 6.04. The summed E-state index contributed by atoms with van der Waals surface area (Å²) in [5, 5.41) is 4.84.